The molecule has 1 N–H and O–H groups in total. The van der Waals surface area contributed by atoms with Gasteiger partial charge in [-0.25, -0.2) is 0 Å². The van der Waals surface area contributed by atoms with Crippen LogP contribution in [0.15, 0.2) is 60.7 Å². The Morgan fingerprint density at radius 2 is 1.70 bits per heavy atom. The van der Waals surface area contributed by atoms with Crippen molar-refractivity contribution in [2.45, 2.75) is 26.5 Å². The van der Waals surface area contributed by atoms with Crippen LogP contribution in [0.2, 0.25) is 0 Å². The zero-order valence-electron chi connectivity index (χ0n) is 16.7. The van der Waals surface area contributed by atoms with Gasteiger partial charge in [-0.1, -0.05) is 54.6 Å². The number of benzene rings is 3. The average molecular weight is 363 g/mol. The smallest absolute Gasteiger partial charge is 0.124 e. The van der Waals surface area contributed by atoms with Crippen LogP contribution < -0.4 is 10.1 Å². The maximum atomic E-state index is 6.26. The molecule has 142 valence electrons. The first-order valence-electron chi connectivity index (χ1n) is 9.68. The molecule has 0 amide bonds. The Bertz CT molecular complexity index is 873. The van der Waals surface area contributed by atoms with Crippen molar-refractivity contribution in [3.8, 4) is 5.75 Å². The molecule has 0 aliphatic carbocycles. The fourth-order valence-electron chi connectivity index (χ4n) is 3.29. The van der Waals surface area contributed by atoms with E-state index in [0.29, 0.717) is 6.61 Å². The Kier molecular flexibility index (Phi) is 6.86. The summed E-state index contributed by atoms with van der Waals surface area (Å²) in [5.74, 6) is 0.970. The number of aryl methyl sites for hydroxylation is 1. The van der Waals surface area contributed by atoms with Gasteiger partial charge in [-0.05, 0) is 68.5 Å². The minimum absolute atomic E-state index is 0.596. The van der Waals surface area contributed by atoms with Crippen LogP contribution in [0.4, 0.5) is 0 Å². The number of hydrogen-bond donors (Lipinski definition) is 1. The highest BCUT2D eigenvalue weighted by Crippen LogP contribution is 2.29. The summed E-state index contributed by atoms with van der Waals surface area (Å²) in [7, 11) is 4.23. The molecule has 0 unspecified atom stereocenters. The van der Waals surface area contributed by atoms with Crippen molar-refractivity contribution in [2.75, 3.05) is 27.2 Å². The fraction of sp³-hybridized carbons (Fsp3) is 0.333. The van der Waals surface area contributed by atoms with E-state index in [-0.39, 0.29) is 0 Å². The van der Waals surface area contributed by atoms with Crippen LogP contribution in [0, 0.1) is 6.92 Å². The summed E-state index contributed by atoms with van der Waals surface area (Å²) in [6.45, 7) is 5.64. The lowest BCUT2D eigenvalue weighted by molar-refractivity contribution is 0.302. The summed E-state index contributed by atoms with van der Waals surface area (Å²) in [6.07, 6.45) is 1.14. The van der Waals surface area contributed by atoms with Crippen LogP contribution in [0.3, 0.4) is 0 Å². The molecule has 0 fully saturated rings. The molecule has 0 bridgehead atoms. The second-order valence-electron chi connectivity index (χ2n) is 7.31. The monoisotopic (exact) mass is 362 g/mol. The second-order valence-corrected chi connectivity index (χ2v) is 7.31. The highest BCUT2D eigenvalue weighted by Gasteiger charge is 2.09. The van der Waals surface area contributed by atoms with Crippen LogP contribution in [0.25, 0.3) is 10.8 Å². The lowest BCUT2D eigenvalue weighted by atomic mass is 10.0. The summed E-state index contributed by atoms with van der Waals surface area (Å²) >= 11 is 0. The minimum Gasteiger partial charge on any atom is -0.489 e. The number of nitrogens with one attached hydrogen (secondary N) is 1. The van der Waals surface area contributed by atoms with Gasteiger partial charge in [0.25, 0.3) is 0 Å². The number of nitrogens with zero attached hydrogens (tertiary/aromatic N) is 1. The molecular formula is C24H30N2O. The molecule has 0 aliphatic heterocycles. The molecule has 0 saturated heterocycles. The van der Waals surface area contributed by atoms with E-state index in [0.717, 1.165) is 31.8 Å². The second kappa shape index (κ2) is 9.54. The highest BCUT2D eigenvalue weighted by molar-refractivity contribution is 5.87. The summed E-state index contributed by atoms with van der Waals surface area (Å²) in [5.41, 5.74) is 3.74. The zero-order valence-corrected chi connectivity index (χ0v) is 16.7. The van der Waals surface area contributed by atoms with Crippen LogP contribution in [0.1, 0.15) is 23.1 Å². The Labute approximate surface area is 163 Å². The maximum Gasteiger partial charge on any atom is 0.124 e. The van der Waals surface area contributed by atoms with Crippen LogP contribution in [-0.2, 0) is 13.2 Å². The summed E-state index contributed by atoms with van der Waals surface area (Å²) in [6, 6.07) is 21.2. The lowest BCUT2D eigenvalue weighted by Crippen LogP contribution is -2.21. The van der Waals surface area contributed by atoms with E-state index in [9.17, 15) is 0 Å². The molecule has 0 aliphatic rings. The van der Waals surface area contributed by atoms with Gasteiger partial charge in [0, 0.05) is 12.1 Å². The molecule has 27 heavy (non-hydrogen) atoms. The third kappa shape index (κ3) is 5.31. The molecule has 3 nitrogen and oxygen atoms in total. The minimum atomic E-state index is 0.596. The summed E-state index contributed by atoms with van der Waals surface area (Å²) in [4.78, 5) is 2.22. The van der Waals surface area contributed by atoms with Crippen molar-refractivity contribution < 1.29 is 4.74 Å². The van der Waals surface area contributed by atoms with Gasteiger partial charge in [-0.2, -0.15) is 0 Å². The Morgan fingerprint density at radius 1 is 0.926 bits per heavy atom. The highest BCUT2D eigenvalue weighted by atomic mass is 16.5. The van der Waals surface area contributed by atoms with Crippen molar-refractivity contribution in [3.63, 3.8) is 0 Å². The number of ether oxygens (including phenoxy) is 1. The molecule has 0 radical (unpaired) electrons. The van der Waals surface area contributed by atoms with E-state index in [1.165, 1.54) is 27.5 Å². The number of rotatable bonds is 9. The van der Waals surface area contributed by atoms with Gasteiger partial charge < -0.3 is 15.0 Å². The fourth-order valence-corrected chi connectivity index (χ4v) is 3.29. The molecule has 0 heterocycles. The molecule has 3 aromatic rings. The van der Waals surface area contributed by atoms with Gasteiger partial charge in [0.2, 0.25) is 0 Å². The normalized spacial score (nSPS) is 11.3. The molecular weight excluding hydrogens is 332 g/mol. The van der Waals surface area contributed by atoms with Gasteiger partial charge in [0.1, 0.15) is 12.4 Å². The topological polar surface area (TPSA) is 24.5 Å². The number of hydrogen-bond acceptors (Lipinski definition) is 3. The molecule has 3 heteroatoms. The van der Waals surface area contributed by atoms with Gasteiger partial charge in [-0.3, -0.25) is 0 Å². The van der Waals surface area contributed by atoms with E-state index >= 15 is 0 Å². The SMILES string of the molecule is Cc1ccccc1COc1ccc2ccccc2c1CNCCCN(C)C. The summed E-state index contributed by atoms with van der Waals surface area (Å²) in [5, 5.41) is 6.11. The van der Waals surface area contributed by atoms with Crippen molar-refractivity contribution in [3.05, 3.63) is 77.4 Å². The standard InChI is InChI=1S/C24H30N2O/c1-19-9-4-5-11-21(19)18-27-24-14-13-20-10-6-7-12-22(20)23(24)17-25-15-8-16-26(2)3/h4-7,9-14,25H,8,15-18H2,1-3H3. The molecule has 0 aromatic heterocycles. The number of fused-ring (bicyclic) bond motifs is 1. The van der Waals surface area contributed by atoms with E-state index in [2.05, 4.69) is 91.9 Å². The van der Waals surface area contributed by atoms with E-state index < -0.39 is 0 Å². The average Bonchev–Trinajstić information content (AvgIpc) is 2.67. The quantitative estimate of drug-likeness (QED) is 0.555. The first-order chi connectivity index (χ1) is 13.1. The third-order valence-electron chi connectivity index (χ3n) is 4.90. The van der Waals surface area contributed by atoms with Crippen molar-refractivity contribution >= 4 is 10.8 Å². The van der Waals surface area contributed by atoms with E-state index in [1.54, 1.807) is 0 Å². The summed E-state index contributed by atoms with van der Waals surface area (Å²) < 4.78 is 6.26. The predicted molar refractivity (Wildman–Crippen MR) is 114 cm³/mol. The Balaban J connectivity index is 1.76. The third-order valence-corrected chi connectivity index (χ3v) is 4.90. The van der Waals surface area contributed by atoms with Crippen molar-refractivity contribution in [2.24, 2.45) is 0 Å². The van der Waals surface area contributed by atoms with E-state index in [4.69, 9.17) is 4.74 Å². The van der Waals surface area contributed by atoms with Gasteiger partial charge in [0.15, 0.2) is 0 Å². The van der Waals surface area contributed by atoms with Gasteiger partial charge in [-0.15, -0.1) is 0 Å². The largest absolute Gasteiger partial charge is 0.489 e. The van der Waals surface area contributed by atoms with E-state index in [1.807, 2.05) is 0 Å². The van der Waals surface area contributed by atoms with Crippen molar-refractivity contribution in [1.29, 1.82) is 0 Å². The molecule has 0 spiro atoms. The molecule has 3 aromatic carbocycles. The Hall–Kier alpha value is -2.36. The lowest BCUT2D eigenvalue weighted by Gasteiger charge is -2.16. The molecule has 0 saturated carbocycles. The van der Waals surface area contributed by atoms with Crippen LogP contribution in [0.5, 0.6) is 5.75 Å². The van der Waals surface area contributed by atoms with Crippen LogP contribution in [-0.4, -0.2) is 32.1 Å². The Morgan fingerprint density at radius 3 is 2.52 bits per heavy atom. The molecule has 3 rings (SSSR count). The van der Waals surface area contributed by atoms with Gasteiger partial charge >= 0.3 is 0 Å². The first kappa shape index (κ1) is 19.4. The molecule has 0 atom stereocenters. The van der Waals surface area contributed by atoms with Crippen molar-refractivity contribution in [1.82, 2.24) is 10.2 Å². The first-order valence-corrected chi connectivity index (χ1v) is 9.68. The van der Waals surface area contributed by atoms with Crippen LogP contribution >= 0.6 is 0 Å². The van der Waals surface area contributed by atoms with Gasteiger partial charge in [0.05, 0.1) is 0 Å². The zero-order chi connectivity index (χ0) is 19.1. The predicted octanol–water partition coefficient (Wildman–Crippen LogP) is 4.77. The maximum absolute atomic E-state index is 6.26.